The predicted octanol–water partition coefficient (Wildman–Crippen LogP) is 4.82. The van der Waals surface area contributed by atoms with Crippen molar-refractivity contribution in [3.05, 3.63) is 72.4 Å². The first-order valence-electron chi connectivity index (χ1n) is 10.5. The second-order valence-corrected chi connectivity index (χ2v) is 8.88. The summed E-state index contributed by atoms with van der Waals surface area (Å²) in [6.07, 6.45) is 1.32. The minimum atomic E-state index is -0.589. The molecular weight excluding hydrogens is 390 g/mol. The number of likely N-dealkylation sites (tertiary alicyclic amines) is 1. The van der Waals surface area contributed by atoms with Gasteiger partial charge in [0.15, 0.2) is 0 Å². The van der Waals surface area contributed by atoms with Crippen LogP contribution in [0.3, 0.4) is 0 Å². The van der Waals surface area contributed by atoms with Crippen LogP contribution in [0.1, 0.15) is 32.3 Å². The number of aromatic nitrogens is 1. The van der Waals surface area contributed by atoms with Gasteiger partial charge in [-0.05, 0) is 38.5 Å². The molecule has 0 saturated carbocycles. The fourth-order valence-corrected chi connectivity index (χ4v) is 4.01. The first-order chi connectivity index (χ1) is 14.8. The summed E-state index contributed by atoms with van der Waals surface area (Å²) in [4.78, 5) is 32.1. The minimum absolute atomic E-state index is 0.114. The minimum Gasteiger partial charge on any atom is -0.444 e. The molecule has 2 atom stereocenters. The normalized spacial score (nSPS) is 18.7. The Balaban J connectivity index is 1.60. The van der Waals surface area contributed by atoms with Gasteiger partial charge in [-0.25, -0.2) is 4.79 Å². The van der Waals surface area contributed by atoms with Crippen molar-refractivity contribution in [3.8, 4) is 0 Å². The van der Waals surface area contributed by atoms with Gasteiger partial charge in [0.1, 0.15) is 5.60 Å². The summed E-state index contributed by atoms with van der Waals surface area (Å²) >= 11 is 0. The van der Waals surface area contributed by atoms with Crippen molar-refractivity contribution in [1.82, 2.24) is 9.88 Å². The van der Waals surface area contributed by atoms with Crippen LogP contribution in [0.25, 0.3) is 10.9 Å². The van der Waals surface area contributed by atoms with Gasteiger partial charge < -0.3 is 15.0 Å². The maximum absolute atomic E-state index is 13.4. The lowest BCUT2D eigenvalue weighted by Gasteiger charge is -2.24. The molecule has 6 nitrogen and oxygen atoms in total. The Morgan fingerprint density at radius 1 is 1.00 bits per heavy atom. The van der Waals surface area contributed by atoms with Gasteiger partial charge in [-0.2, -0.15) is 0 Å². The topological polar surface area (TPSA) is 71.5 Å². The van der Waals surface area contributed by atoms with Crippen LogP contribution in [0.4, 0.5) is 10.5 Å². The number of ether oxygens (including phenoxy) is 1. The molecule has 1 fully saturated rings. The molecule has 2 heterocycles. The number of carbonyl (C=O) groups excluding carboxylic acids is 2. The van der Waals surface area contributed by atoms with Crippen LogP contribution in [-0.4, -0.2) is 40.6 Å². The van der Waals surface area contributed by atoms with E-state index in [9.17, 15) is 9.59 Å². The third kappa shape index (κ3) is 4.68. The third-order valence-electron chi connectivity index (χ3n) is 5.43. The number of fused-ring (bicyclic) bond motifs is 1. The van der Waals surface area contributed by atoms with E-state index in [0.29, 0.717) is 18.8 Å². The molecule has 0 radical (unpaired) electrons. The zero-order valence-electron chi connectivity index (χ0n) is 18.0. The van der Waals surface area contributed by atoms with Crippen LogP contribution in [-0.2, 0) is 9.53 Å². The fraction of sp³-hybridized carbons (Fsp3) is 0.320. The maximum Gasteiger partial charge on any atom is 0.410 e. The molecule has 1 saturated heterocycles. The first kappa shape index (κ1) is 20.8. The average molecular weight is 418 g/mol. The van der Waals surface area contributed by atoms with Crippen molar-refractivity contribution in [2.24, 2.45) is 5.92 Å². The molecule has 6 heteroatoms. The Kier molecular flexibility index (Phi) is 5.63. The summed E-state index contributed by atoms with van der Waals surface area (Å²) in [5, 5.41) is 4.01. The second kappa shape index (κ2) is 8.38. The molecule has 0 spiro atoms. The Morgan fingerprint density at radius 2 is 1.74 bits per heavy atom. The largest absolute Gasteiger partial charge is 0.444 e. The smallest absolute Gasteiger partial charge is 0.410 e. The average Bonchev–Trinajstić information content (AvgIpc) is 3.19. The number of hydrogen-bond donors (Lipinski definition) is 1. The van der Waals surface area contributed by atoms with Crippen molar-refractivity contribution in [2.75, 3.05) is 18.4 Å². The van der Waals surface area contributed by atoms with Crippen LogP contribution in [0, 0.1) is 5.92 Å². The maximum atomic E-state index is 13.4. The van der Waals surface area contributed by atoms with Gasteiger partial charge in [0, 0.05) is 30.6 Å². The molecule has 1 N–H and O–H groups in total. The first-order valence-corrected chi connectivity index (χ1v) is 10.5. The van der Waals surface area contributed by atoms with Crippen LogP contribution in [0.15, 0.2) is 66.9 Å². The molecule has 2 unspecified atom stereocenters. The number of pyridine rings is 1. The fourth-order valence-electron chi connectivity index (χ4n) is 4.01. The molecule has 1 aliphatic heterocycles. The molecule has 2 amide bonds. The Bertz CT molecular complexity index is 1090. The summed E-state index contributed by atoms with van der Waals surface area (Å²) in [6.45, 7) is 6.26. The molecule has 1 aromatic heterocycles. The van der Waals surface area contributed by atoms with Crippen LogP contribution < -0.4 is 5.32 Å². The standard InChI is InChI=1S/C25H27N3O3/c1-25(2,3)31-24(30)28-15-19(17-9-5-4-6-10-17)20(16-28)23(29)27-21-13-7-11-18-12-8-14-26-22(18)21/h4-14,19-20H,15-16H2,1-3H3,(H,27,29). The summed E-state index contributed by atoms with van der Waals surface area (Å²) < 4.78 is 5.56. The molecule has 0 aliphatic carbocycles. The lowest BCUT2D eigenvalue weighted by Crippen LogP contribution is -2.36. The number of benzene rings is 2. The number of amides is 2. The van der Waals surface area contributed by atoms with E-state index in [2.05, 4.69) is 10.3 Å². The van der Waals surface area contributed by atoms with E-state index >= 15 is 0 Å². The van der Waals surface area contributed by atoms with Crippen LogP contribution >= 0.6 is 0 Å². The molecule has 31 heavy (non-hydrogen) atoms. The number of anilines is 1. The van der Waals surface area contributed by atoms with E-state index in [-0.39, 0.29) is 11.8 Å². The van der Waals surface area contributed by atoms with Gasteiger partial charge in [0.25, 0.3) is 0 Å². The summed E-state index contributed by atoms with van der Waals surface area (Å²) in [5.74, 6) is -0.636. The Labute approximate surface area is 182 Å². The van der Waals surface area contributed by atoms with E-state index in [1.807, 2.05) is 81.4 Å². The summed E-state index contributed by atoms with van der Waals surface area (Å²) in [7, 11) is 0. The van der Waals surface area contributed by atoms with Crippen molar-refractivity contribution < 1.29 is 14.3 Å². The second-order valence-electron chi connectivity index (χ2n) is 8.88. The highest BCUT2D eigenvalue weighted by atomic mass is 16.6. The highest BCUT2D eigenvalue weighted by Gasteiger charge is 2.41. The van der Waals surface area contributed by atoms with Crippen molar-refractivity contribution >= 4 is 28.6 Å². The van der Waals surface area contributed by atoms with E-state index in [1.165, 1.54) is 0 Å². The number of carbonyl (C=O) groups is 2. The van der Waals surface area contributed by atoms with Gasteiger partial charge >= 0.3 is 6.09 Å². The zero-order chi connectivity index (χ0) is 22.0. The van der Waals surface area contributed by atoms with Crippen molar-refractivity contribution in [2.45, 2.75) is 32.3 Å². The predicted molar refractivity (Wildman–Crippen MR) is 121 cm³/mol. The number of para-hydroxylation sites is 1. The van der Waals surface area contributed by atoms with Crippen LogP contribution in [0.2, 0.25) is 0 Å². The molecule has 160 valence electrons. The van der Waals surface area contributed by atoms with E-state index in [0.717, 1.165) is 16.5 Å². The van der Waals surface area contributed by atoms with Crippen molar-refractivity contribution in [1.29, 1.82) is 0 Å². The third-order valence-corrected chi connectivity index (χ3v) is 5.43. The Hall–Kier alpha value is -3.41. The molecular formula is C25H27N3O3. The molecule has 4 rings (SSSR count). The molecule has 1 aliphatic rings. The van der Waals surface area contributed by atoms with Crippen molar-refractivity contribution in [3.63, 3.8) is 0 Å². The quantitative estimate of drug-likeness (QED) is 0.663. The van der Waals surface area contributed by atoms with E-state index < -0.39 is 17.6 Å². The number of nitrogens with zero attached hydrogens (tertiary/aromatic N) is 2. The summed E-state index contributed by atoms with van der Waals surface area (Å²) in [5.41, 5.74) is 1.86. The van der Waals surface area contributed by atoms with Gasteiger partial charge in [-0.15, -0.1) is 0 Å². The number of hydrogen-bond acceptors (Lipinski definition) is 4. The van der Waals surface area contributed by atoms with Gasteiger partial charge in [-0.1, -0.05) is 48.5 Å². The lowest BCUT2D eigenvalue weighted by molar-refractivity contribution is -0.119. The Morgan fingerprint density at radius 3 is 2.48 bits per heavy atom. The monoisotopic (exact) mass is 417 g/mol. The van der Waals surface area contributed by atoms with Gasteiger partial charge in [-0.3, -0.25) is 9.78 Å². The number of rotatable bonds is 3. The SMILES string of the molecule is CC(C)(C)OC(=O)N1CC(C(=O)Nc2cccc3cccnc23)C(c2ccccc2)C1. The zero-order valence-corrected chi connectivity index (χ0v) is 18.0. The summed E-state index contributed by atoms with van der Waals surface area (Å²) in [6, 6.07) is 19.4. The van der Waals surface area contributed by atoms with Gasteiger partial charge in [0.2, 0.25) is 5.91 Å². The molecule has 3 aromatic rings. The van der Waals surface area contributed by atoms with Gasteiger partial charge in [0.05, 0.1) is 17.1 Å². The molecule has 0 bridgehead atoms. The highest BCUT2D eigenvalue weighted by Crippen LogP contribution is 2.35. The van der Waals surface area contributed by atoms with E-state index in [4.69, 9.17) is 4.74 Å². The van der Waals surface area contributed by atoms with E-state index in [1.54, 1.807) is 11.1 Å². The number of nitrogens with one attached hydrogen (secondary N) is 1. The van der Waals surface area contributed by atoms with Crippen LogP contribution in [0.5, 0.6) is 0 Å². The highest BCUT2D eigenvalue weighted by molar-refractivity contribution is 6.01. The molecule has 2 aromatic carbocycles. The lowest BCUT2D eigenvalue weighted by atomic mass is 9.88.